The third-order valence-corrected chi connectivity index (χ3v) is 4.30. The first kappa shape index (κ1) is 15.0. The number of allylic oxidation sites excluding steroid dienone is 2. The van der Waals surface area contributed by atoms with Gasteiger partial charge in [0.15, 0.2) is 0 Å². The van der Waals surface area contributed by atoms with Gasteiger partial charge in [-0.2, -0.15) is 0 Å². The lowest BCUT2D eigenvalue weighted by Gasteiger charge is -2.33. The van der Waals surface area contributed by atoms with Gasteiger partial charge >= 0.3 is 5.97 Å². The molecule has 0 spiro atoms. The van der Waals surface area contributed by atoms with Gasteiger partial charge < -0.3 is 14.9 Å². The molecule has 1 fully saturated rings. The Morgan fingerprint density at radius 3 is 2.50 bits per heavy atom. The highest BCUT2D eigenvalue weighted by Crippen LogP contribution is 2.30. The molecule has 0 aromatic heterocycles. The van der Waals surface area contributed by atoms with Crippen LogP contribution in [-0.4, -0.2) is 60.0 Å². The van der Waals surface area contributed by atoms with Gasteiger partial charge in [-0.15, -0.1) is 0 Å². The Balaban J connectivity index is 2.09. The van der Waals surface area contributed by atoms with Gasteiger partial charge in [0.05, 0.1) is 11.8 Å². The molecule has 0 aromatic carbocycles. The Bertz CT molecular complexity index is 406. The molecule has 1 N–H and O–H groups in total. The van der Waals surface area contributed by atoms with Crippen molar-refractivity contribution in [3.8, 4) is 0 Å². The van der Waals surface area contributed by atoms with Crippen molar-refractivity contribution in [3.05, 3.63) is 12.2 Å². The number of hydrogen-bond acceptors (Lipinski definition) is 3. The van der Waals surface area contributed by atoms with Crippen molar-refractivity contribution in [2.75, 3.05) is 27.2 Å². The van der Waals surface area contributed by atoms with Crippen molar-refractivity contribution in [2.24, 2.45) is 11.8 Å². The fourth-order valence-corrected chi connectivity index (χ4v) is 3.31. The number of amides is 1. The first-order chi connectivity index (χ1) is 9.50. The van der Waals surface area contributed by atoms with E-state index in [-0.39, 0.29) is 17.9 Å². The van der Waals surface area contributed by atoms with Gasteiger partial charge in [0, 0.05) is 19.1 Å². The van der Waals surface area contributed by atoms with Crippen LogP contribution in [0.5, 0.6) is 0 Å². The number of aliphatic carboxylic acids is 1. The van der Waals surface area contributed by atoms with Crippen LogP contribution in [-0.2, 0) is 9.59 Å². The second kappa shape index (κ2) is 6.39. The molecule has 0 bridgehead atoms. The molecule has 5 nitrogen and oxygen atoms in total. The summed E-state index contributed by atoms with van der Waals surface area (Å²) in [7, 11) is 4.01. The van der Waals surface area contributed by atoms with Crippen LogP contribution < -0.4 is 0 Å². The van der Waals surface area contributed by atoms with Crippen molar-refractivity contribution in [1.29, 1.82) is 0 Å². The smallest absolute Gasteiger partial charge is 0.307 e. The maximum atomic E-state index is 12.7. The number of nitrogens with zero attached hydrogens (tertiary/aromatic N) is 2. The average Bonchev–Trinajstić information content (AvgIpc) is 2.85. The number of hydrogen-bond donors (Lipinski definition) is 1. The highest BCUT2D eigenvalue weighted by molar-refractivity contribution is 5.85. The second-order valence-corrected chi connectivity index (χ2v) is 6.08. The van der Waals surface area contributed by atoms with Crippen LogP contribution in [0.3, 0.4) is 0 Å². The van der Waals surface area contributed by atoms with Crippen molar-refractivity contribution >= 4 is 11.9 Å². The number of carbonyl (C=O) groups is 2. The Morgan fingerprint density at radius 1 is 1.25 bits per heavy atom. The fraction of sp³-hybridized carbons (Fsp3) is 0.733. The standard InChI is InChI=1S/C15H24N2O3/c1-16(2)10-11-6-5-9-17(11)14(18)12-7-3-4-8-13(12)15(19)20/h3-4,11-13H,5-10H2,1-2H3,(H,19,20). The Kier molecular flexibility index (Phi) is 4.81. The fourth-order valence-electron chi connectivity index (χ4n) is 3.31. The molecule has 2 rings (SSSR count). The van der Waals surface area contributed by atoms with Gasteiger partial charge in [-0.05, 0) is 39.8 Å². The summed E-state index contributed by atoms with van der Waals surface area (Å²) in [5.74, 6) is -1.77. The Labute approximate surface area is 120 Å². The van der Waals surface area contributed by atoms with E-state index in [2.05, 4.69) is 4.90 Å². The quantitative estimate of drug-likeness (QED) is 0.786. The third-order valence-electron chi connectivity index (χ3n) is 4.30. The predicted octanol–water partition coefficient (Wildman–Crippen LogP) is 1.21. The van der Waals surface area contributed by atoms with E-state index < -0.39 is 11.9 Å². The highest BCUT2D eigenvalue weighted by atomic mass is 16.4. The van der Waals surface area contributed by atoms with Crippen LogP contribution in [0.1, 0.15) is 25.7 Å². The van der Waals surface area contributed by atoms with Crippen molar-refractivity contribution in [2.45, 2.75) is 31.7 Å². The van der Waals surface area contributed by atoms with Crippen molar-refractivity contribution in [1.82, 2.24) is 9.80 Å². The van der Waals surface area contributed by atoms with Gasteiger partial charge in [0.1, 0.15) is 0 Å². The van der Waals surface area contributed by atoms with Crippen LogP contribution in [0.2, 0.25) is 0 Å². The lowest BCUT2D eigenvalue weighted by Crippen LogP contribution is -2.46. The van der Waals surface area contributed by atoms with E-state index in [9.17, 15) is 14.7 Å². The first-order valence-corrected chi connectivity index (χ1v) is 7.33. The molecule has 20 heavy (non-hydrogen) atoms. The van der Waals surface area contributed by atoms with E-state index in [0.717, 1.165) is 25.9 Å². The number of rotatable bonds is 4. The number of carboxylic acids is 1. The van der Waals surface area contributed by atoms with Crippen LogP contribution in [0, 0.1) is 11.8 Å². The zero-order valence-corrected chi connectivity index (χ0v) is 12.3. The molecule has 112 valence electrons. The normalized spacial score (nSPS) is 29.9. The third kappa shape index (κ3) is 3.20. The van der Waals surface area contributed by atoms with Crippen LogP contribution >= 0.6 is 0 Å². The van der Waals surface area contributed by atoms with E-state index in [1.165, 1.54) is 0 Å². The molecule has 1 aliphatic carbocycles. The van der Waals surface area contributed by atoms with Gasteiger partial charge in [-0.3, -0.25) is 9.59 Å². The largest absolute Gasteiger partial charge is 0.481 e. The SMILES string of the molecule is CN(C)CC1CCCN1C(=O)C1CC=CCC1C(=O)O. The summed E-state index contributed by atoms with van der Waals surface area (Å²) in [6, 6.07) is 0.234. The van der Waals surface area contributed by atoms with Crippen LogP contribution in [0.4, 0.5) is 0 Å². The topological polar surface area (TPSA) is 60.9 Å². The summed E-state index contributed by atoms with van der Waals surface area (Å²) in [6.45, 7) is 1.62. The summed E-state index contributed by atoms with van der Waals surface area (Å²) in [6.07, 6.45) is 6.89. The highest BCUT2D eigenvalue weighted by Gasteiger charge is 2.39. The monoisotopic (exact) mass is 280 g/mol. The van der Waals surface area contributed by atoms with E-state index in [1.54, 1.807) is 0 Å². The molecular weight excluding hydrogens is 256 g/mol. The van der Waals surface area contributed by atoms with E-state index in [4.69, 9.17) is 0 Å². The van der Waals surface area contributed by atoms with Gasteiger partial charge in [0.25, 0.3) is 0 Å². The van der Waals surface area contributed by atoms with Gasteiger partial charge in [-0.25, -0.2) is 0 Å². The van der Waals surface area contributed by atoms with E-state index in [0.29, 0.717) is 12.8 Å². The van der Waals surface area contributed by atoms with Gasteiger partial charge in [-0.1, -0.05) is 12.2 Å². The molecule has 3 unspecified atom stereocenters. The summed E-state index contributed by atoms with van der Waals surface area (Å²) in [5.41, 5.74) is 0. The maximum absolute atomic E-state index is 12.7. The number of likely N-dealkylation sites (tertiary alicyclic amines) is 1. The molecule has 1 heterocycles. The second-order valence-electron chi connectivity index (χ2n) is 6.08. The molecule has 1 aliphatic heterocycles. The molecule has 0 radical (unpaired) electrons. The lowest BCUT2D eigenvalue weighted by atomic mass is 9.82. The molecular formula is C15H24N2O3. The predicted molar refractivity (Wildman–Crippen MR) is 76.3 cm³/mol. The van der Waals surface area contributed by atoms with Crippen LogP contribution in [0.25, 0.3) is 0 Å². The van der Waals surface area contributed by atoms with Gasteiger partial charge in [0.2, 0.25) is 5.91 Å². The van der Waals surface area contributed by atoms with Crippen LogP contribution in [0.15, 0.2) is 12.2 Å². The summed E-state index contributed by atoms with van der Waals surface area (Å²) < 4.78 is 0. The lowest BCUT2D eigenvalue weighted by molar-refractivity contribution is -0.151. The van der Waals surface area contributed by atoms with E-state index >= 15 is 0 Å². The summed E-state index contributed by atoms with van der Waals surface area (Å²) in [5, 5.41) is 9.30. The Morgan fingerprint density at radius 2 is 1.90 bits per heavy atom. The zero-order chi connectivity index (χ0) is 14.7. The summed E-state index contributed by atoms with van der Waals surface area (Å²) in [4.78, 5) is 28.1. The van der Waals surface area contributed by atoms with E-state index in [1.807, 2.05) is 31.1 Å². The van der Waals surface area contributed by atoms with Crippen molar-refractivity contribution < 1.29 is 14.7 Å². The summed E-state index contributed by atoms with van der Waals surface area (Å²) >= 11 is 0. The minimum absolute atomic E-state index is 0.0334. The average molecular weight is 280 g/mol. The van der Waals surface area contributed by atoms with Crippen molar-refractivity contribution in [3.63, 3.8) is 0 Å². The molecule has 1 saturated heterocycles. The maximum Gasteiger partial charge on any atom is 0.307 e. The molecule has 1 amide bonds. The number of carbonyl (C=O) groups excluding carboxylic acids is 1. The molecule has 2 aliphatic rings. The number of likely N-dealkylation sites (N-methyl/N-ethyl adjacent to an activating group) is 1. The molecule has 0 saturated carbocycles. The number of carboxylic acid groups (broad SMARTS) is 1. The Hall–Kier alpha value is -1.36. The molecule has 5 heteroatoms. The zero-order valence-electron chi connectivity index (χ0n) is 12.3. The molecule has 0 aromatic rings. The minimum Gasteiger partial charge on any atom is -0.481 e. The first-order valence-electron chi connectivity index (χ1n) is 7.33. The minimum atomic E-state index is -0.851. The molecule has 3 atom stereocenters.